The first-order chi connectivity index (χ1) is 10.3. The van der Waals surface area contributed by atoms with Crippen molar-refractivity contribution in [1.82, 2.24) is 25.1 Å². The summed E-state index contributed by atoms with van der Waals surface area (Å²) < 4.78 is 12.8. The van der Waals surface area contributed by atoms with Crippen molar-refractivity contribution >= 4 is 11.3 Å². The second-order valence-corrected chi connectivity index (χ2v) is 6.16. The van der Waals surface area contributed by atoms with Crippen molar-refractivity contribution in [2.45, 2.75) is 25.7 Å². The molecule has 3 aromatic heterocycles. The summed E-state index contributed by atoms with van der Waals surface area (Å²) in [6.07, 6.45) is 7.89. The Morgan fingerprint density at radius 1 is 1.19 bits per heavy atom. The van der Waals surface area contributed by atoms with Crippen LogP contribution in [0.5, 0.6) is 0 Å². The highest BCUT2D eigenvalue weighted by Crippen LogP contribution is 2.34. The smallest absolute Gasteiger partial charge is 0.159 e. The van der Waals surface area contributed by atoms with Crippen molar-refractivity contribution in [3.8, 4) is 11.3 Å². The van der Waals surface area contributed by atoms with Crippen LogP contribution in [0.2, 0.25) is 0 Å². The summed E-state index contributed by atoms with van der Waals surface area (Å²) in [5.74, 6) is 0.171. The lowest BCUT2D eigenvalue weighted by atomic mass is 10.2. The molecule has 0 atom stereocenters. The fraction of sp³-hybridized carbons (Fsp3) is 0.286. The van der Waals surface area contributed by atoms with Crippen LogP contribution in [0.25, 0.3) is 11.3 Å². The first-order valence-electron chi connectivity index (χ1n) is 6.77. The van der Waals surface area contributed by atoms with E-state index < -0.39 is 5.82 Å². The third-order valence-electron chi connectivity index (χ3n) is 3.53. The molecule has 0 aromatic carbocycles. The standard InChI is InChI=1S/C14H12FN5S/c15-8-5-16-12(17-6-8)4-13-19-14-9-7-18-20-10(9)2-1-3-11(14)21-13/h5-7H,1-4H2,(H,18,20). The third kappa shape index (κ3) is 2.33. The number of H-pyrrole nitrogens is 1. The van der Waals surface area contributed by atoms with Gasteiger partial charge in [-0.2, -0.15) is 5.10 Å². The van der Waals surface area contributed by atoms with Crippen molar-refractivity contribution in [3.63, 3.8) is 0 Å². The first kappa shape index (κ1) is 12.6. The van der Waals surface area contributed by atoms with Gasteiger partial charge in [-0.25, -0.2) is 19.3 Å². The number of rotatable bonds is 2. The van der Waals surface area contributed by atoms with Crippen molar-refractivity contribution in [2.75, 3.05) is 0 Å². The number of hydrogen-bond donors (Lipinski definition) is 1. The minimum absolute atomic E-state index is 0.420. The second-order valence-electron chi connectivity index (χ2n) is 4.99. The van der Waals surface area contributed by atoms with Crippen molar-refractivity contribution in [2.24, 2.45) is 0 Å². The number of aromatic amines is 1. The predicted molar refractivity (Wildman–Crippen MR) is 76.5 cm³/mol. The summed E-state index contributed by atoms with van der Waals surface area (Å²) in [5.41, 5.74) is 3.28. The Hall–Kier alpha value is -2.15. The maximum absolute atomic E-state index is 12.8. The van der Waals surface area contributed by atoms with E-state index >= 15 is 0 Å². The molecule has 5 nitrogen and oxygen atoms in total. The molecule has 0 amide bonds. The molecule has 0 saturated carbocycles. The average molecular weight is 301 g/mol. The zero-order valence-electron chi connectivity index (χ0n) is 11.1. The van der Waals surface area contributed by atoms with Crippen LogP contribution < -0.4 is 0 Å². The van der Waals surface area contributed by atoms with E-state index in [1.165, 1.54) is 17.3 Å². The minimum Gasteiger partial charge on any atom is -0.282 e. The second kappa shape index (κ2) is 5.00. The monoisotopic (exact) mass is 301 g/mol. The molecular weight excluding hydrogens is 289 g/mol. The Morgan fingerprint density at radius 3 is 2.90 bits per heavy atom. The van der Waals surface area contributed by atoms with Gasteiger partial charge in [-0.15, -0.1) is 11.3 Å². The molecule has 1 N–H and O–H groups in total. The Labute approximate surface area is 124 Å². The predicted octanol–water partition coefficient (Wildman–Crippen LogP) is 2.54. The van der Waals surface area contributed by atoms with Crippen LogP contribution in [-0.2, 0) is 19.3 Å². The van der Waals surface area contributed by atoms with E-state index in [1.54, 1.807) is 11.3 Å². The van der Waals surface area contributed by atoms with Crippen LogP contribution in [0.15, 0.2) is 18.6 Å². The average Bonchev–Trinajstić information content (AvgIpc) is 3.06. The van der Waals surface area contributed by atoms with E-state index in [0.717, 1.165) is 41.2 Å². The van der Waals surface area contributed by atoms with E-state index in [0.29, 0.717) is 12.2 Å². The van der Waals surface area contributed by atoms with Crippen LogP contribution >= 0.6 is 11.3 Å². The van der Waals surface area contributed by atoms with Crippen molar-refractivity contribution < 1.29 is 4.39 Å². The van der Waals surface area contributed by atoms with Gasteiger partial charge >= 0.3 is 0 Å². The molecule has 7 heteroatoms. The van der Waals surface area contributed by atoms with Gasteiger partial charge in [-0.1, -0.05) is 0 Å². The zero-order chi connectivity index (χ0) is 14.2. The molecule has 0 aliphatic heterocycles. The summed E-state index contributed by atoms with van der Waals surface area (Å²) in [6, 6.07) is 0. The Balaban J connectivity index is 1.68. The Kier molecular flexibility index (Phi) is 2.99. The van der Waals surface area contributed by atoms with Gasteiger partial charge in [0.05, 0.1) is 30.7 Å². The van der Waals surface area contributed by atoms with E-state index in [4.69, 9.17) is 4.98 Å². The number of nitrogens with zero attached hydrogens (tertiary/aromatic N) is 4. The largest absolute Gasteiger partial charge is 0.282 e. The Morgan fingerprint density at radius 2 is 2.05 bits per heavy atom. The van der Waals surface area contributed by atoms with Crippen LogP contribution in [0.4, 0.5) is 4.39 Å². The molecule has 1 aliphatic carbocycles. The minimum atomic E-state index is -0.420. The number of fused-ring (bicyclic) bond motifs is 3. The highest BCUT2D eigenvalue weighted by Gasteiger charge is 2.21. The lowest BCUT2D eigenvalue weighted by Crippen LogP contribution is -1.96. The lowest BCUT2D eigenvalue weighted by Gasteiger charge is -1.97. The van der Waals surface area contributed by atoms with Gasteiger partial charge in [-0.05, 0) is 19.3 Å². The molecule has 3 aromatic rings. The van der Waals surface area contributed by atoms with Gasteiger partial charge in [-0.3, -0.25) is 5.10 Å². The zero-order valence-corrected chi connectivity index (χ0v) is 12.0. The van der Waals surface area contributed by atoms with E-state index in [-0.39, 0.29) is 0 Å². The molecular formula is C14H12FN5S. The van der Waals surface area contributed by atoms with Crippen LogP contribution in [0, 0.1) is 5.82 Å². The van der Waals surface area contributed by atoms with Gasteiger partial charge < -0.3 is 0 Å². The SMILES string of the molecule is Fc1cnc(Cc2nc3c(s2)CCCc2[nH]ncc2-3)nc1. The van der Waals surface area contributed by atoms with Gasteiger partial charge in [0, 0.05) is 16.1 Å². The third-order valence-corrected chi connectivity index (χ3v) is 4.64. The topological polar surface area (TPSA) is 67.3 Å². The maximum Gasteiger partial charge on any atom is 0.159 e. The highest BCUT2D eigenvalue weighted by molar-refractivity contribution is 7.12. The van der Waals surface area contributed by atoms with Gasteiger partial charge in [0.2, 0.25) is 0 Å². The first-order valence-corrected chi connectivity index (χ1v) is 7.59. The summed E-state index contributed by atoms with van der Waals surface area (Å²) in [4.78, 5) is 14.0. The Bertz CT molecular complexity index is 777. The van der Waals surface area contributed by atoms with Crippen LogP contribution in [0.1, 0.15) is 27.8 Å². The summed E-state index contributed by atoms with van der Waals surface area (Å²) in [6.45, 7) is 0. The molecule has 0 unspecified atom stereocenters. The van der Waals surface area contributed by atoms with E-state index in [2.05, 4.69) is 20.2 Å². The molecule has 1 aliphatic rings. The number of nitrogens with one attached hydrogen (secondary N) is 1. The van der Waals surface area contributed by atoms with Gasteiger partial charge in [0.1, 0.15) is 10.8 Å². The molecule has 0 saturated heterocycles. The van der Waals surface area contributed by atoms with E-state index in [9.17, 15) is 4.39 Å². The molecule has 3 heterocycles. The number of hydrogen-bond acceptors (Lipinski definition) is 5. The molecule has 21 heavy (non-hydrogen) atoms. The number of thiazole rings is 1. The van der Waals surface area contributed by atoms with Gasteiger partial charge in [0.15, 0.2) is 5.82 Å². The highest BCUT2D eigenvalue weighted by atomic mass is 32.1. The molecule has 106 valence electrons. The van der Waals surface area contributed by atoms with E-state index in [1.807, 2.05) is 6.20 Å². The number of aryl methyl sites for hydroxylation is 2. The fourth-order valence-electron chi connectivity index (χ4n) is 2.55. The van der Waals surface area contributed by atoms with Crippen molar-refractivity contribution in [1.29, 1.82) is 0 Å². The molecule has 0 radical (unpaired) electrons. The summed E-state index contributed by atoms with van der Waals surface area (Å²) in [5, 5.41) is 8.13. The summed E-state index contributed by atoms with van der Waals surface area (Å²) in [7, 11) is 0. The van der Waals surface area contributed by atoms with Gasteiger partial charge in [0.25, 0.3) is 0 Å². The maximum atomic E-state index is 12.8. The molecule has 4 rings (SSSR count). The number of halogens is 1. The van der Waals surface area contributed by atoms with Crippen LogP contribution in [0.3, 0.4) is 0 Å². The normalized spacial score (nSPS) is 13.6. The fourth-order valence-corrected chi connectivity index (χ4v) is 3.68. The summed E-state index contributed by atoms with van der Waals surface area (Å²) >= 11 is 1.69. The molecule has 0 fully saturated rings. The van der Waals surface area contributed by atoms with Crippen molar-refractivity contribution in [3.05, 3.63) is 45.8 Å². The molecule has 0 bridgehead atoms. The molecule has 0 spiro atoms. The lowest BCUT2D eigenvalue weighted by molar-refractivity contribution is 0.609. The van der Waals surface area contributed by atoms with Crippen LogP contribution in [-0.4, -0.2) is 25.1 Å². The quantitative estimate of drug-likeness (QED) is 0.790. The number of aromatic nitrogens is 5.